The maximum atomic E-state index is 12.6. The van der Waals surface area contributed by atoms with Gasteiger partial charge in [-0.05, 0) is 30.5 Å². The first-order valence-electron chi connectivity index (χ1n) is 8.81. The first-order valence-corrected chi connectivity index (χ1v) is 8.81. The summed E-state index contributed by atoms with van der Waals surface area (Å²) in [5.74, 6) is -0.417. The van der Waals surface area contributed by atoms with Gasteiger partial charge in [0.15, 0.2) is 11.2 Å². The van der Waals surface area contributed by atoms with Gasteiger partial charge in [0.1, 0.15) is 0 Å². The van der Waals surface area contributed by atoms with E-state index in [-0.39, 0.29) is 13.2 Å². The fraction of sp³-hybridized carbons (Fsp3) is 0.368. The normalized spacial score (nSPS) is 11.1. The SMILES string of the molecule is CCc1ccc(C(=O)OCCCn2c(=O)c3c(ncn3C)n(C)c2=O)cc1. The fourth-order valence-electron chi connectivity index (χ4n) is 2.94. The van der Waals surface area contributed by atoms with Gasteiger partial charge in [0, 0.05) is 20.6 Å². The van der Waals surface area contributed by atoms with Gasteiger partial charge in [-0.3, -0.25) is 13.9 Å². The minimum atomic E-state index is -0.437. The molecule has 2 aromatic heterocycles. The molecule has 0 aliphatic rings. The Morgan fingerprint density at radius 2 is 1.85 bits per heavy atom. The molecule has 0 saturated carbocycles. The molecular formula is C19H22N4O4. The zero-order valence-corrected chi connectivity index (χ0v) is 15.6. The summed E-state index contributed by atoms with van der Waals surface area (Å²) in [6.45, 7) is 2.32. The van der Waals surface area contributed by atoms with Gasteiger partial charge in [0.25, 0.3) is 5.56 Å². The molecule has 27 heavy (non-hydrogen) atoms. The van der Waals surface area contributed by atoms with Crippen molar-refractivity contribution in [1.29, 1.82) is 0 Å². The number of benzene rings is 1. The lowest BCUT2D eigenvalue weighted by atomic mass is 10.1. The highest BCUT2D eigenvalue weighted by Gasteiger charge is 2.15. The zero-order chi connectivity index (χ0) is 19.6. The largest absolute Gasteiger partial charge is 0.462 e. The predicted octanol–water partition coefficient (Wildman–Crippen LogP) is 1.24. The van der Waals surface area contributed by atoms with Crippen LogP contribution in [0.4, 0.5) is 0 Å². The van der Waals surface area contributed by atoms with Crippen LogP contribution in [-0.2, 0) is 31.8 Å². The van der Waals surface area contributed by atoms with E-state index < -0.39 is 17.2 Å². The summed E-state index contributed by atoms with van der Waals surface area (Å²) in [5.41, 5.74) is 1.52. The summed E-state index contributed by atoms with van der Waals surface area (Å²) in [7, 11) is 3.28. The number of fused-ring (bicyclic) bond motifs is 1. The Balaban J connectivity index is 1.67. The summed E-state index contributed by atoms with van der Waals surface area (Å²) < 4.78 is 9.33. The number of imidazole rings is 1. The number of nitrogens with zero attached hydrogens (tertiary/aromatic N) is 4. The number of ether oxygens (including phenoxy) is 1. The zero-order valence-electron chi connectivity index (χ0n) is 15.6. The van der Waals surface area contributed by atoms with Crippen LogP contribution in [0.15, 0.2) is 40.2 Å². The molecule has 3 aromatic rings. The van der Waals surface area contributed by atoms with Gasteiger partial charge in [0.05, 0.1) is 18.5 Å². The minimum Gasteiger partial charge on any atom is -0.462 e. The van der Waals surface area contributed by atoms with E-state index >= 15 is 0 Å². The third-order valence-corrected chi connectivity index (χ3v) is 4.56. The maximum Gasteiger partial charge on any atom is 0.338 e. The van der Waals surface area contributed by atoms with Gasteiger partial charge in [-0.1, -0.05) is 19.1 Å². The molecule has 3 rings (SSSR count). The fourth-order valence-corrected chi connectivity index (χ4v) is 2.94. The van der Waals surface area contributed by atoms with Crippen LogP contribution in [0.1, 0.15) is 29.3 Å². The number of hydrogen-bond donors (Lipinski definition) is 0. The maximum absolute atomic E-state index is 12.6. The third kappa shape index (κ3) is 3.55. The third-order valence-electron chi connectivity index (χ3n) is 4.56. The minimum absolute atomic E-state index is 0.118. The quantitative estimate of drug-likeness (QED) is 0.481. The highest BCUT2D eigenvalue weighted by Crippen LogP contribution is 2.07. The molecule has 0 unspecified atom stereocenters. The molecule has 0 amide bonds. The average Bonchev–Trinajstić information content (AvgIpc) is 3.07. The molecule has 8 nitrogen and oxygen atoms in total. The van der Waals surface area contributed by atoms with E-state index in [1.165, 1.54) is 10.9 Å². The Labute approximate surface area is 155 Å². The number of carbonyl (C=O) groups is 1. The van der Waals surface area contributed by atoms with Crippen molar-refractivity contribution in [2.24, 2.45) is 14.1 Å². The first kappa shape index (κ1) is 18.6. The van der Waals surface area contributed by atoms with Crippen molar-refractivity contribution in [2.75, 3.05) is 6.61 Å². The highest BCUT2D eigenvalue weighted by molar-refractivity contribution is 5.89. The predicted molar refractivity (Wildman–Crippen MR) is 101 cm³/mol. The molecule has 0 aliphatic carbocycles. The molecule has 0 spiro atoms. The summed E-state index contributed by atoms with van der Waals surface area (Å²) in [6, 6.07) is 7.25. The number of aryl methyl sites for hydroxylation is 3. The summed E-state index contributed by atoms with van der Waals surface area (Å²) in [4.78, 5) is 41.1. The highest BCUT2D eigenvalue weighted by atomic mass is 16.5. The van der Waals surface area contributed by atoms with Crippen LogP contribution in [0.2, 0.25) is 0 Å². The monoisotopic (exact) mass is 370 g/mol. The van der Waals surface area contributed by atoms with Crippen molar-refractivity contribution in [3.05, 3.63) is 62.6 Å². The van der Waals surface area contributed by atoms with Crippen molar-refractivity contribution in [3.63, 3.8) is 0 Å². The van der Waals surface area contributed by atoms with E-state index in [9.17, 15) is 14.4 Å². The van der Waals surface area contributed by atoms with E-state index in [0.717, 1.165) is 16.6 Å². The second-order valence-electron chi connectivity index (χ2n) is 6.37. The molecule has 8 heteroatoms. The average molecular weight is 370 g/mol. The van der Waals surface area contributed by atoms with E-state index in [1.807, 2.05) is 19.1 Å². The van der Waals surface area contributed by atoms with Gasteiger partial charge >= 0.3 is 11.7 Å². The lowest BCUT2D eigenvalue weighted by Gasteiger charge is -2.09. The van der Waals surface area contributed by atoms with Gasteiger partial charge in [-0.25, -0.2) is 14.6 Å². The molecule has 0 fully saturated rings. The molecular weight excluding hydrogens is 348 g/mol. The Bertz CT molecular complexity index is 1090. The topological polar surface area (TPSA) is 88.1 Å². The Morgan fingerprint density at radius 1 is 1.15 bits per heavy atom. The van der Waals surface area contributed by atoms with E-state index in [2.05, 4.69) is 4.98 Å². The Kier molecular flexibility index (Phi) is 5.25. The number of aromatic nitrogens is 4. The van der Waals surface area contributed by atoms with Gasteiger partial charge in [-0.15, -0.1) is 0 Å². The standard InChI is InChI=1S/C19H22N4O4/c1-4-13-6-8-14(9-7-13)18(25)27-11-5-10-23-17(24)15-16(20-12-21(15)2)22(3)19(23)26/h6-9,12H,4-5,10-11H2,1-3H3. The molecule has 0 bridgehead atoms. The summed E-state index contributed by atoms with van der Waals surface area (Å²) in [5, 5.41) is 0. The van der Waals surface area contributed by atoms with Crippen molar-refractivity contribution < 1.29 is 9.53 Å². The van der Waals surface area contributed by atoms with Crippen LogP contribution in [-0.4, -0.2) is 31.3 Å². The molecule has 2 heterocycles. The van der Waals surface area contributed by atoms with Crippen LogP contribution in [0, 0.1) is 0 Å². The number of rotatable bonds is 6. The van der Waals surface area contributed by atoms with Crippen LogP contribution < -0.4 is 11.2 Å². The van der Waals surface area contributed by atoms with Crippen LogP contribution in [0.25, 0.3) is 11.2 Å². The lowest BCUT2D eigenvalue weighted by molar-refractivity contribution is 0.0495. The second-order valence-corrected chi connectivity index (χ2v) is 6.37. The molecule has 1 aromatic carbocycles. The van der Waals surface area contributed by atoms with Crippen LogP contribution in [0.5, 0.6) is 0 Å². The van der Waals surface area contributed by atoms with Crippen molar-refractivity contribution in [3.8, 4) is 0 Å². The first-order chi connectivity index (χ1) is 12.9. The van der Waals surface area contributed by atoms with E-state index in [4.69, 9.17) is 4.74 Å². The molecule has 142 valence electrons. The van der Waals surface area contributed by atoms with Crippen LogP contribution >= 0.6 is 0 Å². The molecule has 0 atom stereocenters. The van der Waals surface area contributed by atoms with Gasteiger partial charge in [0.2, 0.25) is 0 Å². The molecule has 0 radical (unpaired) electrons. The molecule has 0 N–H and O–H groups in total. The number of hydrogen-bond acceptors (Lipinski definition) is 5. The Morgan fingerprint density at radius 3 is 2.52 bits per heavy atom. The number of esters is 1. The van der Waals surface area contributed by atoms with Crippen molar-refractivity contribution in [1.82, 2.24) is 18.7 Å². The van der Waals surface area contributed by atoms with Crippen molar-refractivity contribution >= 4 is 17.1 Å². The van der Waals surface area contributed by atoms with Crippen molar-refractivity contribution in [2.45, 2.75) is 26.3 Å². The Hall–Kier alpha value is -3.16. The van der Waals surface area contributed by atoms with E-state index in [0.29, 0.717) is 23.1 Å². The smallest absolute Gasteiger partial charge is 0.338 e. The van der Waals surface area contributed by atoms with Crippen LogP contribution in [0.3, 0.4) is 0 Å². The lowest BCUT2D eigenvalue weighted by Crippen LogP contribution is -2.39. The molecule has 0 saturated heterocycles. The van der Waals surface area contributed by atoms with Gasteiger partial charge in [-0.2, -0.15) is 0 Å². The van der Waals surface area contributed by atoms with Gasteiger partial charge < -0.3 is 9.30 Å². The molecule has 0 aliphatic heterocycles. The number of carbonyl (C=O) groups excluding carboxylic acids is 1. The summed E-state index contributed by atoms with van der Waals surface area (Å²) in [6.07, 6.45) is 2.76. The second kappa shape index (κ2) is 7.61. The van der Waals surface area contributed by atoms with E-state index in [1.54, 1.807) is 30.8 Å². The summed E-state index contributed by atoms with van der Waals surface area (Å²) >= 11 is 0.